The van der Waals surface area contributed by atoms with Crippen LogP contribution in [0.5, 0.6) is 5.75 Å². The van der Waals surface area contributed by atoms with Crippen molar-refractivity contribution in [1.29, 1.82) is 0 Å². The number of para-hydroxylation sites is 1. The number of fused-ring (bicyclic) bond motifs is 2. The number of benzene rings is 2. The predicted octanol–water partition coefficient (Wildman–Crippen LogP) is 2.92. The lowest BCUT2D eigenvalue weighted by Crippen LogP contribution is -2.49. The lowest BCUT2D eigenvalue weighted by molar-refractivity contribution is -0.139. The van der Waals surface area contributed by atoms with Crippen LogP contribution in [0, 0.1) is 0 Å². The highest BCUT2D eigenvalue weighted by Crippen LogP contribution is 2.54. The lowest BCUT2D eigenvalue weighted by atomic mass is 10.1. The van der Waals surface area contributed by atoms with E-state index in [0.29, 0.717) is 22.0 Å². The van der Waals surface area contributed by atoms with Gasteiger partial charge in [0.25, 0.3) is 5.91 Å². The summed E-state index contributed by atoms with van der Waals surface area (Å²) < 4.78 is 5.76. The van der Waals surface area contributed by atoms with Gasteiger partial charge in [-0.05, 0) is 42.1 Å². The van der Waals surface area contributed by atoms with Crippen LogP contribution in [0.4, 0.5) is 5.69 Å². The molecule has 31 heavy (non-hydrogen) atoms. The van der Waals surface area contributed by atoms with Crippen molar-refractivity contribution in [1.82, 2.24) is 10.3 Å². The van der Waals surface area contributed by atoms with Crippen molar-refractivity contribution < 1.29 is 19.1 Å². The van der Waals surface area contributed by atoms with Crippen LogP contribution in [0.2, 0.25) is 5.02 Å². The van der Waals surface area contributed by atoms with Crippen LogP contribution in [0.1, 0.15) is 19.4 Å². The molecule has 0 saturated heterocycles. The third-order valence-corrected chi connectivity index (χ3v) is 6.30. The van der Waals surface area contributed by atoms with Crippen LogP contribution in [0.15, 0.2) is 53.6 Å². The van der Waals surface area contributed by atoms with Crippen LogP contribution in [0.3, 0.4) is 0 Å². The Morgan fingerprint density at radius 2 is 1.87 bits per heavy atom. The molecule has 2 aliphatic heterocycles. The number of halogens is 1. The first-order valence-electron chi connectivity index (χ1n) is 9.49. The number of nitrogens with one attached hydrogen (secondary N) is 1. The minimum absolute atomic E-state index is 0.199. The van der Waals surface area contributed by atoms with Gasteiger partial charge in [0, 0.05) is 24.4 Å². The van der Waals surface area contributed by atoms with Gasteiger partial charge in [0.15, 0.2) is 5.17 Å². The highest BCUT2D eigenvalue weighted by Gasteiger charge is 2.61. The number of hydrogen-bond acceptors (Lipinski definition) is 6. The van der Waals surface area contributed by atoms with Crippen LogP contribution >= 0.6 is 23.4 Å². The number of hydrogen-bond donors (Lipinski definition) is 1. The van der Waals surface area contributed by atoms with E-state index in [-0.39, 0.29) is 30.1 Å². The molecular weight excluding hydrogens is 440 g/mol. The van der Waals surface area contributed by atoms with E-state index in [2.05, 4.69) is 10.4 Å². The van der Waals surface area contributed by atoms with Gasteiger partial charge in [-0.15, -0.1) is 5.10 Å². The van der Waals surface area contributed by atoms with E-state index in [1.807, 2.05) is 12.1 Å². The van der Waals surface area contributed by atoms with Crippen LogP contribution in [-0.4, -0.2) is 41.0 Å². The highest BCUT2D eigenvalue weighted by molar-refractivity contribution is 8.15. The summed E-state index contributed by atoms with van der Waals surface area (Å²) in [7, 11) is 0. The summed E-state index contributed by atoms with van der Waals surface area (Å²) >= 11 is 6.94. The number of nitrogens with zero attached hydrogens (tertiary/aromatic N) is 3. The smallest absolute Gasteiger partial charge is 0.270 e. The quantitative estimate of drug-likeness (QED) is 0.760. The van der Waals surface area contributed by atoms with Crippen molar-refractivity contribution in [3.05, 3.63) is 59.1 Å². The molecule has 3 amide bonds. The second-order valence-electron chi connectivity index (χ2n) is 6.94. The van der Waals surface area contributed by atoms with Gasteiger partial charge in [-0.2, -0.15) is 5.01 Å². The SMILES string of the molecule is CC(=O)NC1=NN(C(C)=O)C2(S1)C(=O)N(CCOc1ccc(Cl)cc1)c1ccccc12. The Hall–Kier alpha value is -3.04. The summed E-state index contributed by atoms with van der Waals surface area (Å²) in [5, 5.41) is 8.76. The number of ether oxygens (including phenoxy) is 1. The van der Waals surface area contributed by atoms with Crippen molar-refractivity contribution in [2.24, 2.45) is 5.10 Å². The third kappa shape index (κ3) is 3.75. The molecule has 160 valence electrons. The monoisotopic (exact) mass is 458 g/mol. The molecule has 1 atom stereocenters. The van der Waals surface area contributed by atoms with Crippen molar-refractivity contribution in [2.45, 2.75) is 18.7 Å². The Morgan fingerprint density at radius 1 is 1.16 bits per heavy atom. The molecule has 8 nitrogen and oxygen atoms in total. The van der Waals surface area contributed by atoms with Crippen LogP contribution < -0.4 is 15.0 Å². The van der Waals surface area contributed by atoms with Crippen molar-refractivity contribution >= 4 is 51.9 Å². The molecule has 0 aliphatic carbocycles. The summed E-state index contributed by atoms with van der Waals surface area (Å²) in [4.78, 5) is 37.8. The number of carbonyl (C=O) groups is 3. The number of rotatable bonds is 4. The Morgan fingerprint density at radius 3 is 2.55 bits per heavy atom. The molecule has 2 aliphatic rings. The van der Waals surface area contributed by atoms with Gasteiger partial charge < -0.3 is 15.0 Å². The highest BCUT2D eigenvalue weighted by atomic mass is 35.5. The maximum atomic E-state index is 13.7. The molecule has 0 bridgehead atoms. The summed E-state index contributed by atoms with van der Waals surface area (Å²) in [5.41, 5.74) is 1.31. The molecule has 1 spiro atoms. The summed E-state index contributed by atoms with van der Waals surface area (Å²) in [5.74, 6) is -0.428. The molecule has 10 heteroatoms. The van der Waals surface area contributed by atoms with E-state index >= 15 is 0 Å². The number of thioether (sulfide) groups is 1. The maximum absolute atomic E-state index is 13.7. The molecule has 0 aromatic heterocycles. The number of amides is 3. The van der Waals surface area contributed by atoms with E-state index in [1.54, 1.807) is 41.3 Å². The number of carbonyl (C=O) groups excluding carboxylic acids is 3. The minimum atomic E-state index is -1.40. The Labute approximate surface area is 188 Å². The maximum Gasteiger partial charge on any atom is 0.270 e. The first-order valence-corrected chi connectivity index (χ1v) is 10.7. The number of amidine groups is 1. The summed E-state index contributed by atoms with van der Waals surface area (Å²) in [6, 6.07) is 14.2. The van der Waals surface area contributed by atoms with E-state index in [4.69, 9.17) is 16.3 Å². The molecule has 1 N–H and O–H groups in total. The largest absolute Gasteiger partial charge is 0.492 e. The Kier molecular flexibility index (Phi) is 5.63. The summed E-state index contributed by atoms with van der Waals surface area (Å²) in [6.45, 7) is 3.19. The lowest BCUT2D eigenvalue weighted by Gasteiger charge is -2.29. The fourth-order valence-electron chi connectivity index (χ4n) is 3.57. The van der Waals surface area contributed by atoms with Crippen molar-refractivity contribution in [2.75, 3.05) is 18.1 Å². The van der Waals surface area contributed by atoms with Gasteiger partial charge in [-0.3, -0.25) is 14.4 Å². The zero-order chi connectivity index (χ0) is 22.2. The van der Waals surface area contributed by atoms with E-state index in [1.165, 1.54) is 13.8 Å². The van der Waals surface area contributed by atoms with Gasteiger partial charge in [-0.1, -0.05) is 29.8 Å². The Bertz CT molecular complexity index is 1090. The number of anilines is 1. The van der Waals surface area contributed by atoms with Crippen LogP contribution in [-0.2, 0) is 19.3 Å². The van der Waals surface area contributed by atoms with E-state index < -0.39 is 10.8 Å². The molecule has 2 heterocycles. The van der Waals surface area contributed by atoms with Crippen molar-refractivity contribution in [3.8, 4) is 5.75 Å². The van der Waals surface area contributed by atoms with Crippen LogP contribution in [0.25, 0.3) is 0 Å². The van der Waals surface area contributed by atoms with Gasteiger partial charge in [0.1, 0.15) is 12.4 Å². The molecule has 0 saturated carbocycles. The molecular formula is C21H19ClN4O4S. The Balaban J connectivity index is 1.62. The van der Waals surface area contributed by atoms with E-state index in [9.17, 15) is 14.4 Å². The molecule has 4 rings (SSSR count). The standard InChI is InChI=1S/C21H19ClN4O4S/c1-13(27)23-20-24-26(14(2)28)21(31-20)17-5-3-4-6-18(17)25(19(21)29)11-12-30-16-9-7-15(22)8-10-16/h3-10H,11-12H2,1-2H3,(H,23,24,27). The fraction of sp³-hybridized carbons (Fsp3) is 0.238. The van der Waals surface area contributed by atoms with Crippen molar-refractivity contribution in [3.63, 3.8) is 0 Å². The molecule has 1 unspecified atom stereocenters. The third-order valence-electron chi connectivity index (χ3n) is 4.81. The minimum Gasteiger partial charge on any atom is -0.492 e. The molecule has 2 aromatic rings. The zero-order valence-corrected chi connectivity index (χ0v) is 18.4. The first-order chi connectivity index (χ1) is 14.8. The van der Waals surface area contributed by atoms with Gasteiger partial charge in [0.05, 0.1) is 12.2 Å². The van der Waals surface area contributed by atoms with Gasteiger partial charge in [0.2, 0.25) is 16.7 Å². The van der Waals surface area contributed by atoms with E-state index in [0.717, 1.165) is 16.8 Å². The normalized spacial score (nSPS) is 19.5. The first kappa shape index (κ1) is 21.2. The molecule has 0 radical (unpaired) electrons. The average molecular weight is 459 g/mol. The second kappa shape index (κ2) is 8.24. The molecule has 2 aromatic carbocycles. The average Bonchev–Trinajstić information content (AvgIpc) is 3.21. The van der Waals surface area contributed by atoms with Gasteiger partial charge in [-0.25, -0.2) is 0 Å². The topological polar surface area (TPSA) is 91.3 Å². The molecule has 0 fully saturated rings. The van der Waals surface area contributed by atoms with Gasteiger partial charge >= 0.3 is 0 Å². The second-order valence-corrected chi connectivity index (χ2v) is 8.56. The zero-order valence-electron chi connectivity index (χ0n) is 16.8. The number of hydrazone groups is 1. The summed E-state index contributed by atoms with van der Waals surface area (Å²) in [6.07, 6.45) is 0. The fourth-order valence-corrected chi connectivity index (χ4v) is 5.03. The predicted molar refractivity (Wildman–Crippen MR) is 119 cm³/mol.